The van der Waals surface area contributed by atoms with Gasteiger partial charge in [0.2, 0.25) is 5.91 Å². The van der Waals surface area contributed by atoms with Crippen LogP contribution in [0.3, 0.4) is 0 Å². The number of thioether (sulfide) groups is 1. The number of aromatic nitrogens is 3. The summed E-state index contributed by atoms with van der Waals surface area (Å²) in [7, 11) is 3.46. The van der Waals surface area contributed by atoms with Gasteiger partial charge in [-0.15, -0.1) is 10.2 Å². The minimum absolute atomic E-state index is 0.109. The van der Waals surface area contributed by atoms with E-state index in [-0.39, 0.29) is 18.3 Å². The molecule has 1 aromatic heterocycles. The number of methoxy groups -OCH3 is 1. The van der Waals surface area contributed by atoms with Crippen molar-refractivity contribution < 1.29 is 14.3 Å². The first-order valence-electron chi connectivity index (χ1n) is 8.80. The van der Waals surface area contributed by atoms with E-state index in [2.05, 4.69) is 31.4 Å². The van der Waals surface area contributed by atoms with Gasteiger partial charge in [0.25, 0.3) is 0 Å². The van der Waals surface area contributed by atoms with Crippen LogP contribution in [0.5, 0.6) is 11.5 Å². The van der Waals surface area contributed by atoms with Crippen LogP contribution in [0.25, 0.3) is 0 Å². The van der Waals surface area contributed by atoms with Gasteiger partial charge in [0.05, 0.1) is 12.9 Å². The molecule has 0 atom stereocenters. The van der Waals surface area contributed by atoms with E-state index in [9.17, 15) is 4.79 Å². The van der Waals surface area contributed by atoms with Gasteiger partial charge in [-0.25, -0.2) is 0 Å². The zero-order chi connectivity index (χ0) is 20.8. The summed E-state index contributed by atoms with van der Waals surface area (Å²) >= 11 is 4.69. The molecule has 0 unspecified atom stereocenters. The van der Waals surface area contributed by atoms with E-state index >= 15 is 0 Å². The summed E-state index contributed by atoms with van der Waals surface area (Å²) in [6.07, 6.45) is 0. The highest BCUT2D eigenvalue weighted by atomic mass is 79.9. The van der Waals surface area contributed by atoms with E-state index in [4.69, 9.17) is 9.47 Å². The highest BCUT2D eigenvalue weighted by Crippen LogP contribution is 2.28. The molecule has 7 nitrogen and oxygen atoms in total. The lowest BCUT2D eigenvalue weighted by atomic mass is 10.2. The quantitative estimate of drug-likeness (QED) is 0.490. The minimum atomic E-state index is -0.109. The number of anilines is 1. The average Bonchev–Trinajstić information content (AvgIpc) is 3.06. The molecule has 0 saturated heterocycles. The van der Waals surface area contributed by atoms with E-state index in [0.29, 0.717) is 22.5 Å². The van der Waals surface area contributed by atoms with Gasteiger partial charge in [-0.3, -0.25) is 4.79 Å². The highest BCUT2D eigenvalue weighted by molar-refractivity contribution is 9.10. The van der Waals surface area contributed by atoms with Gasteiger partial charge in [0, 0.05) is 17.2 Å². The second-order valence-electron chi connectivity index (χ2n) is 6.24. The summed E-state index contributed by atoms with van der Waals surface area (Å²) in [5, 5.41) is 11.8. The zero-order valence-electron chi connectivity index (χ0n) is 16.3. The second kappa shape index (κ2) is 9.80. The SMILES string of the molecule is COc1cc(C)ccc1OCc1nnc(SCC(=O)Nc2ccc(Br)cc2)n1C. The Labute approximate surface area is 181 Å². The molecule has 0 bridgehead atoms. The topological polar surface area (TPSA) is 78.3 Å². The number of hydrogen-bond donors (Lipinski definition) is 1. The Bertz CT molecular complexity index is 992. The molecule has 2 aromatic carbocycles. The van der Waals surface area contributed by atoms with Crippen molar-refractivity contribution in [1.29, 1.82) is 0 Å². The molecule has 0 aliphatic heterocycles. The van der Waals surface area contributed by atoms with Crippen LogP contribution < -0.4 is 14.8 Å². The molecule has 3 aromatic rings. The normalized spacial score (nSPS) is 10.6. The minimum Gasteiger partial charge on any atom is -0.493 e. The van der Waals surface area contributed by atoms with Gasteiger partial charge in [-0.1, -0.05) is 33.8 Å². The van der Waals surface area contributed by atoms with Gasteiger partial charge in [0.15, 0.2) is 22.5 Å². The highest BCUT2D eigenvalue weighted by Gasteiger charge is 2.13. The van der Waals surface area contributed by atoms with Crippen molar-refractivity contribution in [3.63, 3.8) is 0 Å². The zero-order valence-corrected chi connectivity index (χ0v) is 18.7. The number of nitrogens with zero attached hydrogens (tertiary/aromatic N) is 3. The standard InChI is InChI=1S/C20H21BrN4O3S/c1-13-4-9-16(17(10-13)27-3)28-11-18-23-24-20(25(18)2)29-12-19(26)22-15-7-5-14(21)6-8-15/h4-10H,11-12H2,1-3H3,(H,22,26). The first-order chi connectivity index (χ1) is 14.0. The second-order valence-corrected chi connectivity index (χ2v) is 8.10. The van der Waals surface area contributed by atoms with Crippen LogP contribution in [0.2, 0.25) is 0 Å². The van der Waals surface area contributed by atoms with E-state index in [1.54, 1.807) is 7.11 Å². The van der Waals surface area contributed by atoms with Crippen molar-refractivity contribution in [3.8, 4) is 11.5 Å². The van der Waals surface area contributed by atoms with Crippen LogP contribution in [0.15, 0.2) is 52.1 Å². The molecule has 29 heavy (non-hydrogen) atoms. The number of rotatable bonds is 8. The summed E-state index contributed by atoms with van der Waals surface area (Å²) in [5.41, 5.74) is 1.84. The van der Waals surface area contributed by atoms with Crippen molar-refractivity contribution in [2.24, 2.45) is 7.05 Å². The van der Waals surface area contributed by atoms with Gasteiger partial charge in [0.1, 0.15) is 6.61 Å². The van der Waals surface area contributed by atoms with Crippen LogP contribution in [0.1, 0.15) is 11.4 Å². The Morgan fingerprint density at radius 3 is 2.66 bits per heavy atom. The van der Waals surface area contributed by atoms with E-state index < -0.39 is 0 Å². The van der Waals surface area contributed by atoms with Crippen LogP contribution in [-0.2, 0) is 18.4 Å². The van der Waals surface area contributed by atoms with Crippen molar-refractivity contribution in [2.75, 3.05) is 18.2 Å². The summed E-state index contributed by atoms with van der Waals surface area (Å²) in [6.45, 7) is 2.24. The lowest BCUT2D eigenvalue weighted by molar-refractivity contribution is -0.113. The summed E-state index contributed by atoms with van der Waals surface area (Å²) in [5.74, 6) is 2.09. The van der Waals surface area contributed by atoms with Crippen molar-refractivity contribution in [3.05, 3.63) is 58.3 Å². The number of aryl methyl sites for hydroxylation is 1. The van der Waals surface area contributed by atoms with Crippen LogP contribution in [-0.4, -0.2) is 33.5 Å². The molecule has 1 heterocycles. The first-order valence-corrected chi connectivity index (χ1v) is 10.6. The van der Waals surface area contributed by atoms with Gasteiger partial charge < -0.3 is 19.4 Å². The predicted octanol–water partition coefficient (Wildman–Crippen LogP) is 4.20. The van der Waals surface area contributed by atoms with Gasteiger partial charge in [-0.2, -0.15) is 0 Å². The molecular weight excluding hydrogens is 456 g/mol. The monoisotopic (exact) mass is 476 g/mol. The van der Waals surface area contributed by atoms with Crippen molar-refractivity contribution in [2.45, 2.75) is 18.7 Å². The summed E-state index contributed by atoms with van der Waals surface area (Å²) in [6, 6.07) is 13.2. The molecule has 152 valence electrons. The van der Waals surface area contributed by atoms with Crippen molar-refractivity contribution in [1.82, 2.24) is 14.8 Å². The average molecular weight is 477 g/mol. The molecule has 0 aliphatic carbocycles. The number of halogens is 1. The molecule has 0 aliphatic rings. The van der Waals surface area contributed by atoms with E-state index in [1.807, 2.05) is 61.0 Å². The van der Waals surface area contributed by atoms with Crippen LogP contribution in [0, 0.1) is 6.92 Å². The lowest BCUT2D eigenvalue weighted by Crippen LogP contribution is -2.14. The smallest absolute Gasteiger partial charge is 0.234 e. The Hall–Kier alpha value is -2.52. The lowest BCUT2D eigenvalue weighted by Gasteiger charge is -2.11. The molecule has 0 saturated carbocycles. The molecule has 3 rings (SSSR count). The third-order valence-corrected chi connectivity index (χ3v) is 5.61. The van der Waals surface area contributed by atoms with Gasteiger partial charge in [-0.05, 0) is 48.9 Å². The van der Waals surface area contributed by atoms with Crippen LogP contribution >= 0.6 is 27.7 Å². The number of nitrogens with one attached hydrogen (secondary N) is 1. The fraction of sp³-hybridized carbons (Fsp3) is 0.250. The Balaban J connectivity index is 1.55. The van der Waals surface area contributed by atoms with E-state index in [0.717, 1.165) is 15.7 Å². The third-order valence-electron chi connectivity index (χ3n) is 4.06. The number of amides is 1. The molecule has 0 spiro atoms. The number of carbonyl (C=O) groups excluding carboxylic acids is 1. The Morgan fingerprint density at radius 1 is 1.17 bits per heavy atom. The number of benzene rings is 2. The summed E-state index contributed by atoms with van der Waals surface area (Å²) < 4.78 is 14.0. The van der Waals surface area contributed by atoms with Crippen molar-refractivity contribution >= 4 is 39.3 Å². The predicted molar refractivity (Wildman–Crippen MR) is 117 cm³/mol. The van der Waals surface area contributed by atoms with Gasteiger partial charge >= 0.3 is 0 Å². The Morgan fingerprint density at radius 2 is 1.93 bits per heavy atom. The molecular formula is C20H21BrN4O3S. The van der Waals surface area contributed by atoms with Crippen LogP contribution in [0.4, 0.5) is 5.69 Å². The molecule has 1 amide bonds. The molecule has 0 radical (unpaired) electrons. The Kier molecular flexibility index (Phi) is 7.16. The number of ether oxygens (including phenoxy) is 2. The summed E-state index contributed by atoms with van der Waals surface area (Å²) in [4.78, 5) is 12.2. The molecule has 9 heteroatoms. The fourth-order valence-corrected chi connectivity index (χ4v) is 3.49. The first kappa shape index (κ1) is 21.2. The maximum Gasteiger partial charge on any atom is 0.234 e. The third kappa shape index (κ3) is 5.74. The maximum absolute atomic E-state index is 12.2. The maximum atomic E-state index is 12.2. The van der Waals surface area contributed by atoms with E-state index in [1.165, 1.54) is 11.8 Å². The number of carbonyl (C=O) groups is 1. The molecule has 0 fully saturated rings. The number of hydrogen-bond acceptors (Lipinski definition) is 6. The largest absolute Gasteiger partial charge is 0.493 e. The fourth-order valence-electron chi connectivity index (χ4n) is 2.49. The molecule has 1 N–H and O–H groups in total.